The van der Waals surface area contributed by atoms with Crippen molar-refractivity contribution in [1.82, 2.24) is 14.5 Å². The Bertz CT molecular complexity index is 692. The highest BCUT2D eigenvalue weighted by atomic mass is 19.4. The summed E-state index contributed by atoms with van der Waals surface area (Å²) in [7, 11) is 0. The fraction of sp³-hybridized carbons (Fsp3) is 0.308. The molecule has 2 heterocycles. The molecule has 0 radical (unpaired) electrons. The molecule has 0 unspecified atom stereocenters. The number of hydrogen-bond acceptors (Lipinski definition) is 3. The number of aromatic carboxylic acids is 1. The lowest BCUT2D eigenvalue weighted by Crippen LogP contribution is -2.19. The number of carboxylic acids is 1. The minimum atomic E-state index is -4.65. The molecule has 0 saturated carbocycles. The Balaban J connectivity index is 2.57. The van der Waals surface area contributed by atoms with Gasteiger partial charge in [0.05, 0.1) is 6.54 Å². The van der Waals surface area contributed by atoms with E-state index in [4.69, 9.17) is 5.11 Å². The highest BCUT2D eigenvalue weighted by Crippen LogP contribution is 2.33. The topological polar surface area (TPSA) is 68.0 Å². The van der Waals surface area contributed by atoms with Crippen molar-refractivity contribution in [3.8, 4) is 0 Å². The zero-order valence-corrected chi connectivity index (χ0v) is 11.3. The van der Waals surface area contributed by atoms with E-state index >= 15 is 0 Å². The minimum absolute atomic E-state index is 0.0440. The summed E-state index contributed by atoms with van der Waals surface area (Å²) in [6, 6.07) is 2.42. The van der Waals surface area contributed by atoms with Crippen molar-refractivity contribution in [3.05, 3.63) is 46.8 Å². The summed E-state index contributed by atoms with van der Waals surface area (Å²) in [5.74, 6) is -1.30. The van der Waals surface area contributed by atoms with Gasteiger partial charge < -0.3 is 9.67 Å². The van der Waals surface area contributed by atoms with E-state index < -0.39 is 23.5 Å². The van der Waals surface area contributed by atoms with Crippen LogP contribution in [-0.2, 0) is 12.7 Å². The molecule has 0 bridgehead atoms. The summed E-state index contributed by atoms with van der Waals surface area (Å²) in [5, 5.41) is 9.13. The number of aryl methyl sites for hydroxylation is 2. The number of carbonyl (C=O) groups is 1. The maximum Gasteiger partial charge on any atom is 0.431 e. The summed E-state index contributed by atoms with van der Waals surface area (Å²) in [5.41, 5.74) is -0.799. The normalized spacial score (nSPS) is 11.7. The van der Waals surface area contributed by atoms with Crippen LogP contribution in [0.2, 0.25) is 0 Å². The first-order valence-corrected chi connectivity index (χ1v) is 5.99. The molecular weight excluding hydrogens is 287 g/mol. The van der Waals surface area contributed by atoms with Gasteiger partial charge in [-0.3, -0.25) is 0 Å². The van der Waals surface area contributed by atoms with E-state index in [0.717, 1.165) is 6.07 Å². The van der Waals surface area contributed by atoms with Gasteiger partial charge in [0.1, 0.15) is 17.2 Å². The van der Waals surface area contributed by atoms with Crippen molar-refractivity contribution in [2.75, 3.05) is 0 Å². The largest absolute Gasteiger partial charge is 0.477 e. The van der Waals surface area contributed by atoms with Gasteiger partial charge in [0.15, 0.2) is 0 Å². The number of hydrogen-bond donors (Lipinski definition) is 1. The molecule has 2 rings (SSSR count). The molecule has 112 valence electrons. The Morgan fingerprint density at radius 1 is 1.38 bits per heavy atom. The second-order valence-corrected chi connectivity index (χ2v) is 4.56. The average molecular weight is 299 g/mol. The predicted molar refractivity (Wildman–Crippen MR) is 67.0 cm³/mol. The van der Waals surface area contributed by atoms with Crippen molar-refractivity contribution in [2.24, 2.45) is 0 Å². The van der Waals surface area contributed by atoms with Crippen molar-refractivity contribution < 1.29 is 23.1 Å². The van der Waals surface area contributed by atoms with Gasteiger partial charge in [-0.2, -0.15) is 13.2 Å². The van der Waals surface area contributed by atoms with E-state index in [1.807, 2.05) is 0 Å². The van der Waals surface area contributed by atoms with Gasteiger partial charge in [-0.1, -0.05) is 0 Å². The molecule has 0 amide bonds. The van der Waals surface area contributed by atoms with Crippen molar-refractivity contribution in [2.45, 2.75) is 26.6 Å². The van der Waals surface area contributed by atoms with Crippen LogP contribution in [0.4, 0.5) is 13.2 Å². The third-order valence-electron chi connectivity index (χ3n) is 2.92. The van der Waals surface area contributed by atoms with Crippen molar-refractivity contribution in [1.29, 1.82) is 0 Å². The van der Waals surface area contributed by atoms with Crippen molar-refractivity contribution in [3.63, 3.8) is 0 Å². The second-order valence-electron chi connectivity index (χ2n) is 4.56. The van der Waals surface area contributed by atoms with E-state index in [-0.39, 0.29) is 17.9 Å². The summed E-state index contributed by atoms with van der Waals surface area (Å²) >= 11 is 0. The molecule has 0 aliphatic carbocycles. The fourth-order valence-electron chi connectivity index (χ4n) is 2.09. The van der Waals surface area contributed by atoms with Crippen LogP contribution in [0.1, 0.15) is 33.3 Å². The van der Waals surface area contributed by atoms with Crippen LogP contribution >= 0.6 is 0 Å². The zero-order chi connectivity index (χ0) is 15.8. The van der Waals surface area contributed by atoms with E-state index in [0.29, 0.717) is 10.3 Å². The number of aromatic nitrogens is 3. The Morgan fingerprint density at radius 3 is 2.57 bits per heavy atom. The highest BCUT2D eigenvalue weighted by Gasteiger charge is 2.37. The van der Waals surface area contributed by atoms with Gasteiger partial charge in [0.2, 0.25) is 0 Å². The monoisotopic (exact) mass is 299 g/mol. The van der Waals surface area contributed by atoms with E-state index in [9.17, 15) is 18.0 Å². The molecule has 0 fully saturated rings. The standard InChI is InChI=1S/C13H12F3N3O2/c1-7-5-9(13(14,15)16)19(11(7)12(20)21)6-10-17-4-3-8(2)18-10/h3-5H,6H2,1-2H3,(H,20,21). The first-order valence-electron chi connectivity index (χ1n) is 5.99. The van der Waals surface area contributed by atoms with E-state index in [2.05, 4.69) is 9.97 Å². The van der Waals surface area contributed by atoms with Gasteiger partial charge in [-0.05, 0) is 31.5 Å². The highest BCUT2D eigenvalue weighted by molar-refractivity contribution is 5.88. The maximum absolute atomic E-state index is 13.0. The number of rotatable bonds is 3. The molecule has 0 saturated heterocycles. The molecular formula is C13H12F3N3O2. The Hall–Kier alpha value is -2.38. The molecule has 0 aliphatic heterocycles. The summed E-state index contributed by atoms with van der Waals surface area (Å²) in [6.45, 7) is 2.65. The average Bonchev–Trinajstić information content (AvgIpc) is 2.66. The van der Waals surface area contributed by atoms with Gasteiger partial charge in [0.25, 0.3) is 0 Å². The number of carboxylic acid groups (broad SMARTS) is 1. The number of halogens is 3. The second kappa shape index (κ2) is 5.19. The Labute approximate surface area is 118 Å². The molecule has 0 aromatic carbocycles. The van der Waals surface area contributed by atoms with Crippen LogP contribution < -0.4 is 0 Å². The summed E-state index contributed by atoms with van der Waals surface area (Å²) in [6.07, 6.45) is -3.23. The molecule has 2 aromatic rings. The molecule has 0 aliphatic rings. The summed E-state index contributed by atoms with van der Waals surface area (Å²) < 4.78 is 39.8. The molecule has 8 heteroatoms. The first kappa shape index (κ1) is 15.0. The third kappa shape index (κ3) is 3.04. The zero-order valence-electron chi connectivity index (χ0n) is 11.3. The lowest BCUT2D eigenvalue weighted by molar-refractivity contribution is -0.143. The molecule has 5 nitrogen and oxygen atoms in total. The van der Waals surface area contributed by atoms with Crippen LogP contribution in [0.5, 0.6) is 0 Å². The molecule has 0 spiro atoms. The third-order valence-corrected chi connectivity index (χ3v) is 2.92. The van der Waals surface area contributed by atoms with Crippen LogP contribution in [0, 0.1) is 13.8 Å². The quantitative estimate of drug-likeness (QED) is 0.946. The molecule has 2 aromatic heterocycles. The Kier molecular flexibility index (Phi) is 3.71. The fourth-order valence-corrected chi connectivity index (χ4v) is 2.09. The lowest BCUT2D eigenvalue weighted by Gasteiger charge is -2.13. The van der Waals surface area contributed by atoms with E-state index in [1.165, 1.54) is 13.1 Å². The molecule has 1 N–H and O–H groups in total. The number of nitrogens with zero attached hydrogens (tertiary/aromatic N) is 3. The van der Waals surface area contributed by atoms with Gasteiger partial charge in [-0.25, -0.2) is 14.8 Å². The molecule has 21 heavy (non-hydrogen) atoms. The smallest absolute Gasteiger partial charge is 0.431 e. The maximum atomic E-state index is 13.0. The SMILES string of the molecule is Cc1ccnc(Cn2c(C(F)(F)F)cc(C)c2C(=O)O)n1. The number of alkyl halides is 3. The van der Waals surface area contributed by atoms with Crippen LogP contribution in [-0.4, -0.2) is 25.6 Å². The van der Waals surface area contributed by atoms with Gasteiger partial charge >= 0.3 is 12.1 Å². The summed E-state index contributed by atoms with van der Waals surface area (Å²) in [4.78, 5) is 19.1. The van der Waals surface area contributed by atoms with Crippen LogP contribution in [0.3, 0.4) is 0 Å². The van der Waals surface area contributed by atoms with Crippen LogP contribution in [0.15, 0.2) is 18.3 Å². The van der Waals surface area contributed by atoms with Gasteiger partial charge in [0, 0.05) is 11.9 Å². The Morgan fingerprint density at radius 2 is 2.05 bits per heavy atom. The predicted octanol–water partition coefficient (Wildman–Crippen LogP) is 2.66. The molecule has 0 atom stereocenters. The first-order chi connectivity index (χ1) is 9.70. The van der Waals surface area contributed by atoms with Crippen molar-refractivity contribution >= 4 is 5.97 Å². The van der Waals surface area contributed by atoms with Gasteiger partial charge in [-0.15, -0.1) is 0 Å². The minimum Gasteiger partial charge on any atom is -0.477 e. The van der Waals surface area contributed by atoms with E-state index in [1.54, 1.807) is 13.0 Å². The van der Waals surface area contributed by atoms with Crippen LogP contribution in [0.25, 0.3) is 0 Å². The lowest BCUT2D eigenvalue weighted by atomic mass is 10.2.